The van der Waals surface area contributed by atoms with E-state index in [1.54, 1.807) is 0 Å². The van der Waals surface area contributed by atoms with Crippen molar-refractivity contribution in [2.45, 2.75) is 64.2 Å². The van der Waals surface area contributed by atoms with Crippen LogP contribution in [0.15, 0.2) is 0 Å². The maximum atomic E-state index is 12.6. The SMILES string of the molecule is CCC1NC(C2CCCC2)N(C(C)CN(C)C)C1=O. The molecule has 4 heteroatoms. The predicted octanol–water partition coefficient (Wildman–Crippen LogP) is 1.66. The summed E-state index contributed by atoms with van der Waals surface area (Å²) in [4.78, 5) is 16.9. The second-order valence-corrected chi connectivity index (χ2v) is 6.47. The number of likely N-dealkylation sites (N-methyl/N-ethyl adjacent to an activating group) is 1. The first-order chi connectivity index (χ1) is 9.04. The molecule has 4 nitrogen and oxygen atoms in total. The summed E-state index contributed by atoms with van der Waals surface area (Å²) in [6.07, 6.45) is 6.36. The van der Waals surface area contributed by atoms with Gasteiger partial charge in [0.25, 0.3) is 0 Å². The van der Waals surface area contributed by atoms with E-state index in [-0.39, 0.29) is 18.2 Å². The van der Waals surface area contributed by atoms with Crippen molar-refractivity contribution in [2.24, 2.45) is 5.92 Å². The first kappa shape index (κ1) is 14.8. The van der Waals surface area contributed by atoms with Crippen LogP contribution in [0, 0.1) is 5.92 Å². The lowest BCUT2D eigenvalue weighted by Gasteiger charge is -2.35. The molecule has 2 rings (SSSR count). The summed E-state index contributed by atoms with van der Waals surface area (Å²) >= 11 is 0. The minimum Gasteiger partial charge on any atom is -0.322 e. The Morgan fingerprint density at radius 1 is 1.37 bits per heavy atom. The fraction of sp³-hybridized carbons (Fsp3) is 0.933. The van der Waals surface area contributed by atoms with Crippen molar-refractivity contribution in [2.75, 3.05) is 20.6 Å². The molecular weight excluding hydrogens is 238 g/mol. The average molecular weight is 267 g/mol. The van der Waals surface area contributed by atoms with Crippen LogP contribution in [0.2, 0.25) is 0 Å². The lowest BCUT2D eigenvalue weighted by atomic mass is 10.0. The predicted molar refractivity (Wildman–Crippen MR) is 77.8 cm³/mol. The van der Waals surface area contributed by atoms with Gasteiger partial charge in [0.15, 0.2) is 0 Å². The molecule has 1 amide bonds. The molecule has 2 aliphatic rings. The second kappa shape index (κ2) is 6.23. The fourth-order valence-corrected chi connectivity index (χ4v) is 3.71. The van der Waals surface area contributed by atoms with Gasteiger partial charge in [-0.15, -0.1) is 0 Å². The van der Waals surface area contributed by atoms with Gasteiger partial charge in [0.2, 0.25) is 5.91 Å². The van der Waals surface area contributed by atoms with Crippen molar-refractivity contribution in [3.63, 3.8) is 0 Å². The van der Waals surface area contributed by atoms with E-state index in [9.17, 15) is 4.79 Å². The van der Waals surface area contributed by atoms with Gasteiger partial charge in [-0.25, -0.2) is 0 Å². The van der Waals surface area contributed by atoms with Crippen LogP contribution in [0.5, 0.6) is 0 Å². The third-order valence-corrected chi connectivity index (χ3v) is 4.58. The van der Waals surface area contributed by atoms with E-state index in [4.69, 9.17) is 0 Å². The van der Waals surface area contributed by atoms with E-state index >= 15 is 0 Å². The topological polar surface area (TPSA) is 35.6 Å². The molecule has 2 fully saturated rings. The van der Waals surface area contributed by atoms with Gasteiger partial charge in [-0.3, -0.25) is 10.1 Å². The molecule has 110 valence electrons. The molecule has 3 atom stereocenters. The number of hydrogen-bond acceptors (Lipinski definition) is 3. The summed E-state index contributed by atoms with van der Waals surface area (Å²) in [7, 11) is 4.15. The maximum absolute atomic E-state index is 12.6. The van der Waals surface area contributed by atoms with Crippen molar-refractivity contribution in [1.29, 1.82) is 0 Å². The Morgan fingerprint density at radius 3 is 2.53 bits per heavy atom. The zero-order valence-electron chi connectivity index (χ0n) is 12.9. The number of carbonyl (C=O) groups excluding carboxylic acids is 1. The van der Waals surface area contributed by atoms with Crippen molar-refractivity contribution in [3.8, 4) is 0 Å². The molecule has 3 unspecified atom stereocenters. The van der Waals surface area contributed by atoms with Gasteiger partial charge in [0, 0.05) is 12.6 Å². The third-order valence-electron chi connectivity index (χ3n) is 4.58. The molecule has 0 aromatic carbocycles. The molecule has 1 heterocycles. The zero-order valence-corrected chi connectivity index (χ0v) is 12.9. The van der Waals surface area contributed by atoms with E-state index in [0.717, 1.165) is 13.0 Å². The highest BCUT2D eigenvalue weighted by molar-refractivity contribution is 5.84. The molecule has 0 radical (unpaired) electrons. The average Bonchev–Trinajstić information content (AvgIpc) is 2.94. The molecule has 0 aromatic rings. The monoisotopic (exact) mass is 267 g/mol. The highest BCUT2D eigenvalue weighted by atomic mass is 16.2. The van der Waals surface area contributed by atoms with Gasteiger partial charge >= 0.3 is 0 Å². The molecule has 0 bridgehead atoms. The van der Waals surface area contributed by atoms with Crippen LogP contribution in [0.1, 0.15) is 46.0 Å². The number of carbonyl (C=O) groups is 1. The van der Waals surface area contributed by atoms with Crippen molar-refractivity contribution < 1.29 is 4.79 Å². The molecule has 0 spiro atoms. The molecule has 19 heavy (non-hydrogen) atoms. The van der Waals surface area contributed by atoms with Gasteiger partial charge in [-0.05, 0) is 46.2 Å². The van der Waals surface area contributed by atoms with E-state index in [2.05, 4.69) is 43.1 Å². The van der Waals surface area contributed by atoms with E-state index < -0.39 is 0 Å². The van der Waals surface area contributed by atoms with Gasteiger partial charge in [0.1, 0.15) is 0 Å². The normalized spacial score (nSPS) is 30.6. The van der Waals surface area contributed by atoms with Crippen molar-refractivity contribution in [1.82, 2.24) is 15.1 Å². The lowest BCUT2D eigenvalue weighted by Crippen LogP contribution is -2.50. The fourth-order valence-electron chi connectivity index (χ4n) is 3.71. The summed E-state index contributed by atoms with van der Waals surface area (Å²) in [6.45, 7) is 5.22. The number of nitrogens with one attached hydrogen (secondary N) is 1. The van der Waals surface area contributed by atoms with Crippen LogP contribution < -0.4 is 5.32 Å². The molecule has 1 aliphatic heterocycles. The highest BCUT2D eigenvalue weighted by Gasteiger charge is 2.44. The highest BCUT2D eigenvalue weighted by Crippen LogP contribution is 2.33. The van der Waals surface area contributed by atoms with Gasteiger partial charge < -0.3 is 9.80 Å². The van der Waals surface area contributed by atoms with Crippen LogP contribution >= 0.6 is 0 Å². The summed E-state index contributed by atoms with van der Waals surface area (Å²) in [5, 5.41) is 3.59. The quantitative estimate of drug-likeness (QED) is 0.823. The Morgan fingerprint density at radius 2 is 2.00 bits per heavy atom. The largest absolute Gasteiger partial charge is 0.322 e. The van der Waals surface area contributed by atoms with E-state index in [1.165, 1.54) is 25.7 Å². The summed E-state index contributed by atoms with van der Waals surface area (Å²) in [5.74, 6) is 0.971. The smallest absolute Gasteiger partial charge is 0.241 e. The molecule has 1 N–H and O–H groups in total. The molecule has 0 aromatic heterocycles. The summed E-state index contributed by atoms with van der Waals surface area (Å²) in [6, 6.07) is 0.326. The molecular formula is C15H29N3O. The zero-order chi connectivity index (χ0) is 14.0. The Hall–Kier alpha value is -0.610. The van der Waals surface area contributed by atoms with Crippen LogP contribution in [0.3, 0.4) is 0 Å². The first-order valence-electron chi connectivity index (χ1n) is 7.77. The van der Waals surface area contributed by atoms with Crippen LogP contribution in [0.25, 0.3) is 0 Å². The molecule has 1 saturated carbocycles. The lowest BCUT2D eigenvalue weighted by molar-refractivity contribution is -0.133. The second-order valence-electron chi connectivity index (χ2n) is 6.47. The number of rotatable bonds is 5. The van der Waals surface area contributed by atoms with Crippen LogP contribution in [-0.4, -0.2) is 54.6 Å². The standard InChI is InChI=1S/C15H29N3O/c1-5-13-15(19)18(11(2)10-17(3)4)14(16-13)12-8-6-7-9-12/h11-14,16H,5-10H2,1-4H3. The minimum absolute atomic E-state index is 0.0372. The molecule has 1 aliphatic carbocycles. The van der Waals surface area contributed by atoms with Gasteiger partial charge in [0.05, 0.1) is 12.2 Å². The Labute approximate surface area is 117 Å². The minimum atomic E-state index is 0.0372. The molecule has 1 saturated heterocycles. The maximum Gasteiger partial charge on any atom is 0.241 e. The van der Waals surface area contributed by atoms with Crippen LogP contribution in [0.4, 0.5) is 0 Å². The number of hydrogen-bond donors (Lipinski definition) is 1. The Balaban J connectivity index is 2.11. The van der Waals surface area contributed by atoms with E-state index in [1.807, 2.05) is 0 Å². The van der Waals surface area contributed by atoms with Crippen LogP contribution in [-0.2, 0) is 4.79 Å². The Bertz CT molecular complexity index is 313. The summed E-state index contributed by atoms with van der Waals surface area (Å²) < 4.78 is 0. The first-order valence-corrected chi connectivity index (χ1v) is 7.77. The van der Waals surface area contributed by atoms with Crippen molar-refractivity contribution in [3.05, 3.63) is 0 Å². The van der Waals surface area contributed by atoms with E-state index in [0.29, 0.717) is 11.8 Å². The summed E-state index contributed by atoms with van der Waals surface area (Å²) in [5.41, 5.74) is 0. The number of amides is 1. The van der Waals surface area contributed by atoms with Gasteiger partial charge in [-0.1, -0.05) is 19.8 Å². The van der Waals surface area contributed by atoms with Crippen molar-refractivity contribution >= 4 is 5.91 Å². The van der Waals surface area contributed by atoms with Gasteiger partial charge in [-0.2, -0.15) is 0 Å². The third kappa shape index (κ3) is 3.11. The Kier molecular flexibility index (Phi) is 4.85. The number of nitrogens with zero attached hydrogens (tertiary/aromatic N) is 2.